The van der Waals surface area contributed by atoms with Gasteiger partial charge in [-0.25, -0.2) is 0 Å². The molecule has 114 valence electrons. The van der Waals surface area contributed by atoms with E-state index in [-0.39, 0.29) is 0 Å². The monoisotopic (exact) mass is 278 g/mol. The van der Waals surface area contributed by atoms with Gasteiger partial charge in [-0.15, -0.1) is 0 Å². The number of carboxylic acids is 1. The summed E-state index contributed by atoms with van der Waals surface area (Å²) in [5, 5.41) is 8.50. The molecule has 0 bridgehead atoms. The molecule has 0 saturated heterocycles. The molecular weight excluding hydrogens is 248 g/mol. The number of hydrogen-bond donors (Lipinski definition) is 1. The van der Waals surface area contributed by atoms with E-state index in [0.29, 0.717) is 6.42 Å². The van der Waals surface area contributed by atoms with Crippen molar-refractivity contribution in [3.8, 4) is 0 Å². The highest BCUT2D eigenvalue weighted by Crippen LogP contribution is 2.07. The molecule has 0 unspecified atom stereocenters. The van der Waals surface area contributed by atoms with Crippen molar-refractivity contribution in [3.63, 3.8) is 0 Å². The number of unbranched alkanes of at least 4 members (excludes halogenated alkanes) is 7. The van der Waals surface area contributed by atoms with E-state index >= 15 is 0 Å². The van der Waals surface area contributed by atoms with Gasteiger partial charge in [0.1, 0.15) is 0 Å². The van der Waals surface area contributed by atoms with Crippen LogP contribution >= 0.6 is 0 Å². The van der Waals surface area contributed by atoms with Crippen molar-refractivity contribution in [2.24, 2.45) is 0 Å². The van der Waals surface area contributed by atoms with Crippen LogP contribution in [0.4, 0.5) is 0 Å². The van der Waals surface area contributed by atoms with Gasteiger partial charge in [0.15, 0.2) is 0 Å². The third kappa shape index (κ3) is 16.7. The maximum Gasteiger partial charge on any atom is 0.303 e. The maximum atomic E-state index is 10.3. The molecule has 0 fully saturated rings. The summed E-state index contributed by atoms with van der Waals surface area (Å²) in [4.78, 5) is 10.3. The van der Waals surface area contributed by atoms with Crippen LogP contribution in [0.5, 0.6) is 0 Å². The first-order chi connectivity index (χ1) is 9.77. The highest BCUT2D eigenvalue weighted by molar-refractivity contribution is 5.66. The van der Waals surface area contributed by atoms with Crippen molar-refractivity contribution < 1.29 is 9.90 Å². The Bertz CT molecular complexity index is 301. The van der Waals surface area contributed by atoms with E-state index in [1.807, 2.05) is 0 Å². The summed E-state index contributed by atoms with van der Waals surface area (Å²) in [6, 6.07) is 0. The SMILES string of the molecule is CCCC/C=C/C=C/C=CCCCCCCCC(=O)O. The molecule has 0 aliphatic carbocycles. The smallest absolute Gasteiger partial charge is 0.303 e. The van der Waals surface area contributed by atoms with E-state index in [1.54, 1.807) is 0 Å². The third-order valence-corrected chi connectivity index (χ3v) is 3.09. The fourth-order valence-corrected chi connectivity index (χ4v) is 1.87. The Morgan fingerprint density at radius 3 is 1.95 bits per heavy atom. The van der Waals surface area contributed by atoms with Gasteiger partial charge in [0.2, 0.25) is 0 Å². The van der Waals surface area contributed by atoms with Crippen molar-refractivity contribution >= 4 is 5.97 Å². The lowest BCUT2D eigenvalue weighted by atomic mass is 10.1. The number of allylic oxidation sites excluding steroid dienone is 6. The van der Waals surface area contributed by atoms with Crippen LogP contribution in [0.25, 0.3) is 0 Å². The zero-order valence-corrected chi connectivity index (χ0v) is 12.9. The summed E-state index contributed by atoms with van der Waals surface area (Å²) in [5.74, 6) is -0.677. The summed E-state index contributed by atoms with van der Waals surface area (Å²) in [5.41, 5.74) is 0. The van der Waals surface area contributed by atoms with Gasteiger partial charge in [0.05, 0.1) is 0 Å². The van der Waals surface area contributed by atoms with E-state index in [2.05, 4.69) is 43.4 Å². The first-order valence-corrected chi connectivity index (χ1v) is 7.97. The summed E-state index contributed by atoms with van der Waals surface area (Å²) >= 11 is 0. The zero-order chi connectivity index (χ0) is 14.9. The number of carboxylic acid groups (broad SMARTS) is 1. The van der Waals surface area contributed by atoms with E-state index < -0.39 is 5.97 Å². The van der Waals surface area contributed by atoms with Crippen LogP contribution in [-0.2, 0) is 4.79 Å². The molecule has 0 saturated carbocycles. The second-order valence-electron chi connectivity index (χ2n) is 5.08. The van der Waals surface area contributed by atoms with Crippen molar-refractivity contribution in [1.82, 2.24) is 0 Å². The predicted octanol–water partition coefficient (Wildman–Crippen LogP) is 5.66. The quantitative estimate of drug-likeness (QED) is 0.348. The highest BCUT2D eigenvalue weighted by atomic mass is 16.4. The van der Waals surface area contributed by atoms with Gasteiger partial charge in [0.25, 0.3) is 0 Å². The third-order valence-electron chi connectivity index (χ3n) is 3.09. The lowest BCUT2D eigenvalue weighted by Gasteiger charge is -1.97. The van der Waals surface area contributed by atoms with E-state index in [1.165, 1.54) is 32.1 Å². The Labute approximate surface area is 124 Å². The average molecular weight is 278 g/mol. The van der Waals surface area contributed by atoms with Gasteiger partial charge >= 0.3 is 5.97 Å². The molecular formula is C18H30O2. The Morgan fingerprint density at radius 1 is 0.800 bits per heavy atom. The highest BCUT2D eigenvalue weighted by Gasteiger charge is 1.95. The van der Waals surface area contributed by atoms with Crippen LogP contribution in [0.15, 0.2) is 36.5 Å². The molecule has 2 nitrogen and oxygen atoms in total. The minimum atomic E-state index is -0.677. The molecule has 0 amide bonds. The fourth-order valence-electron chi connectivity index (χ4n) is 1.87. The van der Waals surface area contributed by atoms with Gasteiger partial charge in [-0.05, 0) is 25.7 Å². The van der Waals surface area contributed by atoms with Gasteiger partial charge in [-0.1, -0.05) is 75.5 Å². The molecule has 1 N–H and O–H groups in total. The molecule has 0 radical (unpaired) electrons. The van der Waals surface area contributed by atoms with Crippen LogP contribution in [0.3, 0.4) is 0 Å². The number of aliphatic carboxylic acids is 1. The Morgan fingerprint density at radius 2 is 1.35 bits per heavy atom. The number of rotatable bonds is 13. The summed E-state index contributed by atoms with van der Waals surface area (Å²) in [6.07, 6.45) is 23.3. The summed E-state index contributed by atoms with van der Waals surface area (Å²) in [6.45, 7) is 2.21. The molecule has 0 aromatic rings. The maximum absolute atomic E-state index is 10.3. The van der Waals surface area contributed by atoms with Gasteiger partial charge in [0, 0.05) is 6.42 Å². The van der Waals surface area contributed by atoms with Gasteiger partial charge < -0.3 is 5.11 Å². The summed E-state index contributed by atoms with van der Waals surface area (Å²) < 4.78 is 0. The molecule has 0 atom stereocenters. The first kappa shape index (κ1) is 18.7. The van der Waals surface area contributed by atoms with E-state index in [9.17, 15) is 4.79 Å². The van der Waals surface area contributed by atoms with Crippen molar-refractivity contribution in [2.75, 3.05) is 0 Å². The number of carbonyl (C=O) groups is 1. The first-order valence-electron chi connectivity index (χ1n) is 7.97. The number of hydrogen-bond acceptors (Lipinski definition) is 1. The van der Waals surface area contributed by atoms with Crippen molar-refractivity contribution in [3.05, 3.63) is 36.5 Å². The van der Waals surface area contributed by atoms with Crippen LogP contribution in [0, 0.1) is 0 Å². The normalized spacial score (nSPS) is 12.1. The van der Waals surface area contributed by atoms with Crippen molar-refractivity contribution in [1.29, 1.82) is 0 Å². The Balaban J connectivity index is 3.29. The van der Waals surface area contributed by atoms with E-state index in [0.717, 1.165) is 25.7 Å². The predicted molar refractivity (Wildman–Crippen MR) is 86.9 cm³/mol. The molecule has 2 heteroatoms. The van der Waals surface area contributed by atoms with Crippen LogP contribution < -0.4 is 0 Å². The largest absolute Gasteiger partial charge is 0.481 e. The van der Waals surface area contributed by atoms with Crippen molar-refractivity contribution in [2.45, 2.75) is 71.1 Å². The molecule has 0 aliphatic rings. The lowest BCUT2D eigenvalue weighted by Crippen LogP contribution is -1.93. The molecule has 20 heavy (non-hydrogen) atoms. The topological polar surface area (TPSA) is 37.3 Å². The van der Waals surface area contributed by atoms with Crippen LogP contribution in [-0.4, -0.2) is 11.1 Å². The molecule has 0 aromatic carbocycles. The van der Waals surface area contributed by atoms with Crippen LogP contribution in [0.1, 0.15) is 71.1 Å². The Hall–Kier alpha value is -1.31. The molecule has 0 aliphatic heterocycles. The molecule has 0 rings (SSSR count). The van der Waals surface area contributed by atoms with Crippen LogP contribution in [0.2, 0.25) is 0 Å². The van der Waals surface area contributed by atoms with Gasteiger partial charge in [-0.2, -0.15) is 0 Å². The zero-order valence-electron chi connectivity index (χ0n) is 12.9. The molecule has 0 aromatic heterocycles. The summed E-state index contributed by atoms with van der Waals surface area (Å²) in [7, 11) is 0. The van der Waals surface area contributed by atoms with Gasteiger partial charge in [-0.3, -0.25) is 4.79 Å². The minimum Gasteiger partial charge on any atom is -0.481 e. The standard InChI is InChI=1S/C18H30O2/c1-2-3-4-5-6-7-8-9-10-11-12-13-14-15-16-17-18(19)20/h5-10H,2-4,11-17H2,1H3,(H,19,20)/b6-5+,8-7+,10-9?. The average Bonchev–Trinajstić information content (AvgIpc) is 2.43. The fraction of sp³-hybridized carbons (Fsp3) is 0.611. The minimum absolute atomic E-state index is 0.316. The molecule has 0 spiro atoms. The lowest BCUT2D eigenvalue weighted by molar-refractivity contribution is -0.137. The Kier molecular flexibility index (Phi) is 14.7. The second kappa shape index (κ2) is 15.7. The second-order valence-corrected chi connectivity index (χ2v) is 5.08. The van der Waals surface area contributed by atoms with E-state index in [4.69, 9.17) is 5.11 Å². The molecule has 0 heterocycles.